The Morgan fingerprint density at radius 3 is 1.63 bits per heavy atom. The molecule has 0 saturated carbocycles. The van der Waals surface area contributed by atoms with Crippen LogP contribution < -0.4 is 0 Å². The molecule has 0 bridgehead atoms. The van der Waals surface area contributed by atoms with Gasteiger partial charge < -0.3 is 0 Å². The zero-order valence-electron chi connectivity index (χ0n) is 12.9. The van der Waals surface area contributed by atoms with E-state index in [-0.39, 0.29) is 0 Å². The van der Waals surface area contributed by atoms with Crippen LogP contribution in [0.5, 0.6) is 0 Å². The Hall–Kier alpha value is 0.210. The fourth-order valence-corrected chi connectivity index (χ4v) is 2.63. The minimum atomic E-state index is 1.23. The maximum Gasteiger partial charge on any atom is -0.000473 e. The van der Waals surface area contributed by atoms with Crippen molar-refractivity contribution in [2.24, 2.45) is 0 Å². The van der Waals surface area contributed by atoms with E-state index in [0.29, 0.717) is 0 Å². The Labute approximate surface area is 135 Å². The molecular weight excluding hydrogens is 343 g/mol. The molecule has 0 unspecified atom stereocenters. The second-order valence-corrected chi connectivity index (χ2v) is 6.38. The number of halogens is 1. The highest BCUT2D eigenvalue weighted by Gasteiger charge is 1.91. The molecule has 0 fully saturated rings. The Morgan fingerprint density at radius 2 is 1.11 bits per heavy atom. The Balaban J connectivity index is 3.09. The van der Waals surface area contributed by atoms with Crippen molar-refractivity contribution in [2.75, 3.05) is 4.43 Å². The van der Waals surface area contributed by atoms with Crippen molar-refractivity contribution >= 4 is 22.6 Å². The topological polar surface area (TPSA) is 0 Å². The first-order chi connectivity index (χ1) is 9.41. The van der Waals surface area contributed by atoms with Gasteiger partial charge in [-0.3, -0.25) is 0 Å². The molecule has 0 aliphatic heterocycles. The number of hydrogen-bond acceptors (Lipinski definition) is 0. The molecule has 0 aliphatic rings. The van der Waals surface area contributed by atoms with Crippen molar-refractivity contribution in [1.29, 1.82) is 0 Å². The normalized spacial score (nSPS) is 11.9. The van der Waals surface area contributed by atoms with E-state index in [1.165, 1.54) is 81.5 Å². The highest BCUT2D eigenvalue weighted by Crippen LogP contribution is 2.10. The number of alkyl halides is 1. The van der Waals surface area contributed by atoms with Crippen molar-refractivity contribution < 1.29 is 0 Å². The van der Waals surface area contributed by atoms with E-state index < -0.39 is 0 Å². The Bertz CT molecular complexity index is 206. The van der Waals surface area contributed by atoms with Gasteiger partial charge in [0.05, 0.1) is 0 Å². The fourth-order valence-electron chi connectivity index (χ4n) is 2.09. The Kier molecular flexibility index (Phi) is 18.4. The lowest BCUT2D eigenvalue weighted by Crippen LogP contribution is -1.81. The molecule has 0 radical (unpaired) electrons. The first-order valence-electron chi connectivity index (χ1n) is 8.29. The van der Waals surface area contributed by atoms with Crippen LogP contribution in [-0.4, -0.2) is 4.43 Å². The summed E-state index contributed by atoms with van der Waals surface area (Å²) in [7, 11) is 0. The summed E-state index contributed by atoms with van der Waals surface area (Å²) >= 11 is 2.48. The van der Waals surface area contributed by atoms with Gasteiger partial charge in [-0.2, -0.15) is 0 Å². The number of allylic oxidation sites excluding steroid dienone is 4. The largest absolute Gasteiger partial charge is 0.0864 e. The van der Waals surface area contributed by atoms with Crippen LogP contribution in [0.15, 0.2) is 24.3 Å². The Morgan fingerprint density at radius 1 is 0.632 bits per heavy atom. The van der Waals surface area contributed by atoms with E-state index in [1.54, 1.807) is 0 Å². The summed E-state index contributed by atoms with van der Waals surface area (Å²) in [4.78, 5) is 0. The third-order valence-electron chi connectivity index (χ3n) is 3.36. The highest BCUT2D eigenvalue weighted by molar-refractivity contribution is 14.1. The quantitative estimate of drug-likeness (QED) is 0.130. The summed E-state index contributed by atoms with van der Waals surface area (Å²) in [6.45, 7) is 2.24. The summed E-state index contributed by atoms with van der Waals surface area (Å²) in [6, 6.07) is 0. The maximum absolute atomic E-state index is 2.48. The molecule has 0 nitrogen and oxygen atoms in total. The van der Waals surface area contributed by atoms with Crippen LogP contribution in [0.1, 0.15) is 84.0 Å². The molecule has 0 aromatic heterocycles. The van der Waals surface area contributed by atoms with Gasteiger partial charge in [0.2, 0.25) is 0 Å². The van der Waals surface area contributed by atoms with Gasteiger partial charge >= 0.3 is 0 Å². The van der Waals surface area contributed by atoms with Gasteiger partial charge in [-0.15, -0.1) is 0 Å². The first kappa shape index (κ1) is 19.2. The van der Waals surface area contributed by atoms with Gasteiger partial charge in [-0.1, -0.05) is 105 Å². The summed E-state index contributed by atoms with van der Waals surface area (Å²) in [5.74, 6) is 0. The van der Waals surface area contributed by atoms with Crippen molar-refractivity contribution in [2.45, 2.75) is 84.0 Å². The average molecular weight is 376 g/mol. The lowest BCUT2D eigenvalue weighted by atomic mass is 10.1. The van der Waals surface area contributed by atoms with Gasteiger partial charge in [0.15, 0.2) is 0 Å². The molecule has 0 spiro atoms. The van der Waals surface area contributed by atoms with Gasteiger partial charge in [0.1, 0.15) is 0 Å². The molecule has 19 heavy (non-hydrogen) atoms. The van der Waals surface area contributed by atoms with Crippen LogP contribution in [0.25, 0.3) is 0 Å². The second kappa shape index (κ2) is 18.2. The molecule has 0 atom stereocenters. The molecule has 0 N–H and O–H groups in total. The fraction of sp³-hybridized carbons (Fsp3) is 0.778. The highest BCUT2D eigenvalue weighted by atomic mass is 127. The smallest absolute Gasteiger partial charge is 0.000473 e. The third-order valence-corrected chi connectivity index (χ3v) is 4.12. The van der Waals surface area contributed by atoms with E-state index in [9.17, 15) is 0 Å². The SMILES string of the molecule is CCCC/C=C\C=C/CCCCCCCCCCI. The van der Waals surface area contributed by atoms with E-state index >= 15 is 0 Å². The average Bonchev–Trinajstić information content (AvgIpc) is 2.43. The molecule has 0 rings (SSSR count). The summed E-state index contributed by atoms with van der Waals surface area (Å²) in [5.41, 5.74) is 0. The zero-order chi connectivity index (χ0) is 14.0. The van der Waals surface area contributed by atoms with Crippen molar-refractivity contribution in [1.82, 2.24) is 0 Å². The van der Waals surface area contributed by atoms with Crippen LogP contribution in [0.3, 0.4) is 0 Å². The van der Waals surface area contributed by atoms with Gasteiger partial charge in [-0.05, 0) is 30.1 Å². The van der Waals surface area contributed by atoms with Crippen LogP contribution in [0.4, 0.5) is 0 Å². The molecular formula is C18H33I. The molecule has 0 heterocycles. The number of hydrogen-bond donors (Lipinski definition) is 0. The van der Waals surface area contributed by atoms with Crippen LogP contribution in [0.2, 0.25) is 0 Å². The van der Waals surface area contributed by atoms with Crippen molar-refractivity contribution in [3.63, 3.8) is 0 Å². The van der Waals surface area contributed by atoms with E-state index in [1.807, 2.05) is 0 Å². The van der Waals surface area contributed by atoms with Gasteiger partial charge in [0.25, 0.3) is 0 Å². The molecule has 0 aromatic rings. The molecule has 0 aliphatic carbocycles. The predicted octanol–water partition coefficient (Wildman–Crippen LogP) is 7.23. The van der Waals surface area contributed by atoms with Crippen molar-refractivity contribution in [3.05, 3.63) is 24.3 Å². The van der Waals surface area contributed by atoms with Gasteiger partial charge in [0, 0.05) is 0 Å². The second-order valence-electron chi connectivity index (χ2n) is 5.30. The molecule has 0 saturated heterocycles. The van der Waals surface area contributed by atoms with E-state index in [2.05, 4.69) is 53.8 Å². The minimum Gasteiger partial charge on any atom is -0.0864 e. The van der Waals surface area contributed by atoms with Gasteiger partial charge in [-0.25, -0.2) is 0 Å². The third kappa shape index (κ3) is 18.2. The number of unbranched alkanes of at least 4 members (excludes halogenated alkanes) is 10. The monoisotopic (exact) mass is 376 g/mol. The number of rotatable bonds is 14. The predicted molar refractivity (Wildman–Crippen MR) is 98.2 cm³/mol. The molecule has 112 valence electrons. The minimum absolute atomic E-state index is 1.23. The zero-order valence-corrected chi connectivity index (χ0v) is 15.0. The summed E-state index contributed by atoms with van der Waals surface area (Å²) < 4.78 is 1.33. The molecule has 0 aromatic carbocycles. The first-order valence-corrected chi connectivity index (χ1v) is 9.82. The molecule has 0 amide bonds. The standard InChI is InChI=1S/C18H33I/c1-2-3-4-5-6-7-8-9-10-11-12-13-14-15-16-17-18-19/h5-8H,2-4,9-18H2,1H3/b6-5-,8-7-. The van der Waals surface area contributed by atoms with Crippen LogP contribution in [0, 0.1) is 0 Å². The molecule has 1 heteroatoms. The summed E-state index contributed by atoms with van der Waals surface area (Å²) in [5, 5.41) is 0. The summed E-state index contributed by atoms with van der Waals surface area (Å²) in [6.07, 6.45) is 25.6. The lowest BCUT2D eigenvalue weighted by Gasteiger charge is -2.00. The van der Waals surface area contributed by atoms with E-state index in [0.717, 1.165) is 0 Å². The van der Waals surface area contributed by atoms with E-state index in [4.69, 9.17) is 0 Å². The van der Waals surface area contributed by atoms with Crippen LogP contribution in [-0.2, 0) is 0 Å². The van der Waals surface area contributed by atoms with Crippen molar-refractivity contribution in [3.8, 4) is 0 Å². The maximum atomic E-state index is 2.48. The lowest BCUT2D eigenvalue weighted by molar-refractivity contribution is 0.579. The van der Waals surface area contributed by atoms with Crippen LogP contribution >= 0.6 is 22.6 Å².